The van der Waals surface area contributed by atoms with Gasteiger partial charge in [0.15, 0.2) is 0 Å². The number of aryl methyl sites for hydroxylation is 2. The highest BCUT2D eigenvalue weighted by Crippen LogP contribution is 2.34. The normalized spacial score (nSPS) is 23.8. The minimum absolute atomic E-state index is 0.700. The predicted molar refractivity (Wildman–Crippen MR) is 83.2 cm³/mol. The third-order valence-corrected chi connectivity index (χ3v) is 5.43. The van der Waals surface area contributed by atoms with E-state index in [0.29, 0.717) is 5.92 Å². The van der Waals surface area contributed by atoms with Crippen LogP contribution < -0.4 is 5.73 Å². The average molecular weight is 328 g/mol. The lowest BCUT2D eigenvalue weighted by atomic mass is 9.77. The monoisotopic (exact) mass is 327 g/mol. The summed E-state index contributed by atoms with van der Waals surface area (Å²) in [5, 5.41) is 4.70. The molecule has 2 rings (SSSR count). The third-order valence-electron chi connectivity index (χ3n) is 4.52. The van der Waals surface area contributed by atoms with Crippen LogP contribution in [0.3, 0.4) is 0 Å². The molecule has 4 heteroatoms. The molecule has 1 aliphatic rings. The lowest BCUT2D eigenvalue weighted by Crippen LogP contribution is -2.28. The van der Waals surface area contributed by atoms with Gasteiger partial charge in [0.1, 0.15) is 0 Å². The molecular formula is C15H26BrN3. The fourth-order valence-electron chi connectivity index (χ4n) is 3.32. The smallest absolute Gasteiger partial charge is 0.0766 e. The van der Waals surface area contributed by atoms with Gasteiger partial charge in [0.25, 0.3) is 0 Å². The molecule has 1 heterocycles. The van der Waals surface area contributed by atoms with Gasteiger partial charge in [-0.1, -0.05) is 19.8 Å². The van der Waals surface area contributed by atoms with E-state index in [1.54, 1.807) is 0 Å². The fraction of sp³-hybridized carbons (Fsp3) is 0.800. The van der Waals surface area contributed by atoms with E-state index >= 15 is 0 Å². The second-order valence-electron chi connectivity index (χ2n) is 5.62. The van der Waals surface area contributed by atoms with Crippen molar-refractivity contribution in [3.63, 3.8) is 0 Å². The van der Waals surface area contributed by atoms with Gasteiger partial charge in [-0.3, -0.25) is 4.68 Å². The standard InChI is InChI=1S/C15H26BrN3/c1-3-13-15(16)14(19(4-2)18-13)9-11-7-5-6-8-12(11)10-17/h11-12H,3-10,17H2,1-2H3. The molecule has 0 bridgehead atoms. The van der Waals surface area contributed by atoms with Crippen LogP contribution in [0.15, 0.2) is 4.47 Å². The molecule has 0 aromatic carbocycles. The first-order valence-corrected chi connectivity index (χ1v) is 8.44. The maximum atomic E-state index is 5.95. The van der Waals surface area contributed by atoms with Gasteiger partial charge in [-0.2, -0.15) is 5.10 Å². The second-order valence-corrected chi connectivity index (χ2v) is 6.41. The molecule has 0 aliphatic heterocycles. The van der Waals surface area contributed by atoms with E-state index in [4.69, 9.17) is 10.8 Å². The first-order valence-electron chi connectivity index (χ1n) is 7.65. The highest BCUT2D eigenvalue weighted by atomic mass is 79.9. The Morgan fingerprint density at radius 3 is 2.53 bits per heavy atom. The molecule has 1 aromatic rings. The Hall–Kier alpha value is -0.350. The molecule has 0 spiro atoms. The summed E-state index contributed by atoms with van der Waals surface area (Å²) in [6, 6.07) is 0. The molecule has 0 saturated heterocycles. The Kier molecular flexibility index (Phi) is 5.46. The lowest BCUT2D eigenvalue weighted by molar-refractivity contribution is 0.238. The molecule has 2 unspecified atom stereocenters. The van der Waals surface area contributed by atoms with Crippen LogP contribution in [0, 0.1) is 11.8 Å². The van der Waals surface area contributed by atoms with Crippen molar-refractivity contribution < 1.29 is 0 Å². The third kappa shape index (κ3) is 3.22. The van der Waals surface area contributed by atoms with Crippen molar-refractivity contribution in [2.75, 3.05) is 6.54 Å². The molecule has 0 amide bonds. The molecule has 1 aliphatic carbocycles. The summed E-state index contributed by atoms with van der Waals surface area (Å²) < 4.78 is 3.41. The zero-order valence-corrected chi connectivity index (χ0v) is 13.7. The Morgan fingerprint density at radius 1 is 1.26 bits per heavy atom. The number of aromatic nitrogens is 2. The van der Waals surface area contributed by atoms with Crippen LogP contribution >= 0.6 is 15.9 Å². The molecule has 1 fully saturated rings. The first kappa shape index (κ1) is 15.0. The quantitative estimate of drug-likeness (QED) is 0.898. The van der Waals surface area contributed by atoms with Crippen LogP contribution in [0.5, 0.6) is 0 Å². The van der Waals surface area contributed by atoms with Crippen LogP contribution in [-0.2, 0) is 19.4 Å². The molecule has 2 atom stereocenters. The van der Waals surface area contributed by atoms with Crippen molar-refractivity contribution in [1.29, 1.82) is 0 Å². The Bertz CT molecular complexity index is 414. The molecule has 19 heavy (non-hydrogen) atoms. The summed E-state index contributed by atoms with van der Waals surface area (Å²) in [5.74, 6) is 1.44. The van der Waals surface area contributed by atoms with Crippen LogP contribution in [0.2, 0.25) is 0 Å². The van der Waals surface area contributed by atoms with E-state index in [1.165, 1.54) is 41.5 Å². The van der Waals surface area contributed by atoms with Crippen LogP contribution in [0.1, 0.15) is 50.9 Å². The molecule has 0 radical (unpaired) electrons. The van der Waals surface area contributed by atoms with E-state index in [1.807, 2.05) is 0 Å². The van der Waals surface area contributed by atoms with E-state index < -0.39 is 0 Å². The van der Waals surface area contributed by atoms with Crippen molar-refractivity contribution in [3.05, 3.63) is 15.9 Å². The molecule has 1 saturated carbocycles. The maximum absolute atomic E-state index is 5.95. The molecule has 3 nitrogen and oxygen atoms in total. The number of nitrogens with two attached hydrogens (primary N) is 1. The van der Waals surface area contributed by atoms with E-state index in [2.05, 4.69) is 34.5 Å². The van der Waals surface area contributed by atoms with E-state index in [-0.39, 0.29) is 0 Å². The van der Waals surface area contributed by atoms with Gasteiger partial charge in [0.05, 0.1) is 15.9 Å². The van der Waals surface area contributed by atoms with Crippen molar-refractivity contribution in [1.82, 2.24) is 9.78 Å². The SMILES string of the molecule is CCc1nn(CC)c(CC2CCCCC2CN)c1Br. The van der Waals surface area contributed by atoms with E-state index in [0.717, 1.165) is 31.8 Å². The molecular weight excluding hydrogens is 302 g/mol. The summed E-state index contributed by atoms with van der Waals surface area (Å²) in [4.78, 5) is 0. The van der Waals surface area contributed by atoms with Gasteiger partial charge in [-0.15, -0.1) is 0 Å². The van der Waals surface area contributed by atoms with Gasteiger partial charge < -0.3 is 5.73 Å². The largest absolute Gasteiger partial charge is 0.330 e. The molecule has 108 valence electrons. The zero-order valence-electron chi connectivity index (χ0n) is 12.2. The average Bonchev–Trinajstić information content (AvgIpc) is 2.76. The Balaban J connectivity index is 2.19. The Labute approximate surface area is 125 Å². The summed E-state index contributed by atoms with van der Waals surface area (Å²) in [6.07, 6.45) is 7.46. The maximum Gasteiger partial charge on any atom is 0.0766 e. The van der Waals surface area contributed by atoms with Crippen molar-refractivity contribution in [3.8, 4) is 0 Å². The van der Waals surface area contributed by atoms with Gasteiger partial charge in [-0.25, -0.2) is 0 Å². The summed E-state index contributed by atoms with van der Waals surface area (Å²) in [6.45, 7) is 6.13. The van der Waals surface area contributed by atoms with Crippen molar-refractivity contribution in [2.24, 2.45) is 17.6 Å². The number of halogens is 1. The van der Waals surface area contributed by atoms with Gasteiger partial charge in [0.2, 0.25) is 0 Å². The van der Waals surface area contributed by atoms with Crippen molar-refractivity contribution >= 4 is 15.9 Å². The van der Waals surface area contributed by atoms with Crippen LogP contribution in [0.4, 0.5) is 0 Å². The minimum Gasteiger partial charge on any atom is -0.330 e. The van der Waals surface area contributed by atoms with Crippen molar-refractivity contribution in [2.45, 2.75) is 58.9 Å². The fourth-order valence-corrected chi connectivity index (χ4v) is 4.05. The van der Waals surface area contributed by atoms with Gasteiger partial charge in [-0.05, 0) is 66.9 Å². The number of hydrogen-bond donors (Lipinski definition) is 1. The summed E-state index contributed by atoms with van der Waals surface area (Å²) in [7, 11) is 0. The topological polar surface area (TPSA) is 43.8 Å². The van der Waals surface area contributed by atoms with Crippen LogP contribution in [-0.4, -0.2) is 16.3 Å². The predicted octanol–water partition coefficient (Wildman–Crippen LogP) is 3.54. The molecule has 2 N–H and O–H groups in total. The molecule has 1 aromatic heterocycles. The lowest BCUT2D eigenvalue weighted by Gasteiger charge is -2.30. The number of hydrogen-bond acceptors (Lipinski definition) is 2. The Morgan fingerprint density at radius 2 is 1.95 bits per heavy atom. The highest BCUT2D eigenvalue weighted by Gasteiger charge is 2.26. The first-order chi connectivity index (χ1) is 9.21. The zero-order chi connectivity index (χ0) is 13.8. The summed E-state index contributed by atoms with van der Waals surface area (Å²) in [5.41, 5.74) is 8.52. The van der Waals surface area contributed by atoms with E-state index in [9.17, 15) is 0 Å². The van der Waals surface area contributed by atoms with Gasteiger partial charge >= 0.3 is 0 Å². The number of nitrogens with zero attached hydrogens (tertiary/aromatic N) is 2. The highest BCUT2D eigenvalue weighted by molar-refractivity contribution is 9.10. The second kappa shape index (κ2) is 6.89. The summed E-state index contributed by atoms with van der Waals surface area (Å²) >= 11 is 3.76. The van der Waals surface area contributed by atoms with Gasteiger partial charge in [0, 0.05) is 6.54 Å². The minimum atomic E-state index is 0.700. The van der Waals surface area contributed by atoms with Crippen LogP contribution in [0.25, 0.3) is 0 Å². The number of rotatable bonds is 5.